The number of hydrogen-bond acceptors (Lipinski definition) is 4. The minimum atomic E-state index is -3.71. The molecule has 3 rings (SSSR count). The highest BCUT2D eigenvalue weighted by atomic mass is 32.2. The molecule has 1 aromatic heterocycles. The molecule has 1 amide bonds. The van der Waals surface area contributed by atoms with Crippen LogP contribution in [0.3, 0.4) is 0 Å². The topological polar surface area (TPSA) is 118 Å². The van der Waals surface area contributed by atoms with Crippen molar-refractivity contribution in [1.29, 1.82) is 0 Å². The van der Waals surface area contributed by atoms with Gasteiger partial charge >= 0.3 is 0 Å². The summed E-state index contributed by atoms with van der Waals surface area (Å²) in [6.45, 7) is 0. The predicted molar refractivity (Wildman–Crippen MR) is 80.7 cm³/mol. The number of nitrogens with two attached hydrogens (primary N) is 1. The fraction of sp³-hybridized carbons (Fsp3) is 0.286. The van der Waals surface area contributed by atoms with Crippen molar-refractivity contribution in [2.75, 3.05) is 5.32 Å². The minimum Gasteiger partial charge on any atom is -0.309 e. The molecule has 0 aliphatic heterocycles. The summed E-state index contributed by atoms with van der Waals surface area (Å²) in [4.78, 5) is 12.0. The second kappa shape index (κ2) is 5.54. The first-order valence-corrected chi connectivity index (χ1v) is 8.43. The molecule has 0 saturated heterocycles. The molecule has 0 unspecified atom stereocenters. The van der Waals surface area contributed by atoms with Crippen molar-refractivity contribution in [1.82, 2.24) is 10.2 Å². The lowest BCUT2D eigenvalue weighted by molar-refractivity contribution is -0.115. The normalized spacial score (nSPS) is 14.8. The second-order valence-corrected chi connectivity index (χ2v) is 6.96. The zero-order valence-corrected chi connectivity index (χ0v) is 12.6. The molecule has 1 fully saturated rings. The molecule has 8 heteroatoms. The van der Waals surface area contributed by atoms with Gasteiger partial charge in [-0.15, -0.1) is 0 Å². The van der Waals surface area contributed by atoms with Crippen LogP contribution in [0.15, 0.2) is 35.2 Å². The van der Waals surface area contributed by atoms with E-state index in [4.69, 9.17) is 5.14 Å². The van der Waals surface area contributed by atoms with Crippen molar-refractivity contribution in [2.24, 2.45) is 5.14 Å². The Labute approximate surface area is 128 Å². The number of primary sulfonamides is 1. The average molecular weight is 320 g/mol. The number of sulfonamides is 1. The highest BCUT2D eigenvalue weighted by Gasteiger charge is 2.25. The van der Waals surface area contributed by atoms with Crippen molar-refractivity contribution in [2.45, 2.75) is 30.1 Å². The van der Waals surface area contributed by atoms with Gasteiger partial charge < -0.3 is 5.32 Å². The first-order valence-electron chi connectivity index (χ1n) is 6.89. The molecular weight excluding hydrogens is 304 g/mol. The standard InChI is InChI=1S/C14H16N4O3S/c15-22(20,21)11-5-1-9(2-6-11)7-14(19)16-13-8-12(17-18-13)10-3-4-10/h1-2,5-6,8,10H,3-4,7H2,(H2,15,20,21)(H2,16,17,18,19). The molecular formula is C14H16N4O3S. The highest BCUT2D eigenvalue weighted by Crippen LogP contribution is 2.39. The van der Waals surface area contributed by atoms with Gasteiger partial charge in [0.15, 0.2) is 5.82 Å². The second-order valence-electron chi connectivity index (χ2n) is 5.40. The molecule has 0 bridgehead atoms. The smallest absolute Gasteiger partial charge is 0.238 e. The number of anilines is 1. The van der Waals surface area contributed by atoms with E-state index in [0.29, 0.717) is 17.3 Å². The van der Waals surface area contributed by atoms with E-state index in [2.05, 4.69) is 15.5 Å². The SMILES string of the molecule is NS(=O)(=O)c1ccc(CC(=O)Nc2cc(C3CC3)[nH]n2)cc1. The summed E-state index contributed by atoms with van der Waals surface area (Å²) in [5.41, 5.74) is 1.75. The van der Waals surface area contributed by atoms with E-state index in [1.807, 2.05) is 6.07 Å². The van der Waals surface area contributed by atoms with Crippen molar-refractivity contribution in [3.8, 4) is 0 Å². The quantitative estimate of drug-likeness (QED) is 0.765. The minimum absolute atomic E-state index is 0.0260. The Bertz CT molecular complexity index is 792. The van der Waals surface area contributed by atoms with Crippen LogP contribution in [-0.2, 0) is 21.2 Å². The fourth-order valence-electron chi connectivity index (χ4n) is 2.17. The molecule has 0 atom stereocenters. The van der Waals surface area contributed by atoms with Crippen molar-refractivity contribution < 1.29 is 13.2 Å². The van der Waals surface area contributed by atoms with Gasteiger partial charge in [-0.1, -0.05) is 12.1 Å². The number of aromatic nitrogens is 2. The zero-order valence-electron chi connectivity index (χ0n) is 11.7. The summed E-state index contributed by atoms with van der Waals surface area (Å²) < 4.78 is 22.3. The number of hydrogen-bond donors (Lipinski definition) is 3. The Morgan fingerprint density at radius 1 is 1.32 bits per heavy atom. The first kappa shape index (κ1) is 14.7. The maximum Gasteiger partial charge on any atom is 0.238 e. The molecule has 116 valence electrons. The lowest BCUT2D eigenvalue weighted by Crippen LogP contribution is -2.15. The number of carbonyl (C=O) groups is 1. The summed E-state index contributed by atoms with van der Waals surface area (Å²) in [7, 11) is -3.71. The van der Waals surface area contributed by atoms with Gasteiger partial charge in [0.25, 0.3) is 0 Å². The first-order chi connectivity index (χ1) is 10.4. The number of rotatable bonds is 5. The van der Waals surface area contributed by atoms with Crippen LogP contribution < -0.4 is 10.5 Å². The van der Waals surface area contributed by atoms with Gasteiger partial charge in [-0.05, 0) is 30.5 Å². The molecule has 1 heterocycles. The number of nitrogens with zero attached hydrogens (tertiary/aromatic N) is 1. The van der Waals surface area contributed by atoms with Crippen molar-refractivity contribution in [3.63, 3.8) is 0 Å². The number of aromatic amines is 1. The van der Waals surface area contributed by atoms with E-state index in [9.17, 15) is 13.2 Å². The van der Waals surface area contributed by atoms with Crippen LogP contribution in [0.4, 0.5) is 5.82 Å². The van der Waals surface area contributed by atoms with E-state index in [1.54, 1.807) is 12.1 Å². The van der Waals surface area contributed by atoms with E-state index >= 15 is 0 Å². The van der Waals surface area contributed by atoms with Gasteiger partial charge in [-0.25, -0.2) is 13.6 Å². The zero-order chi connectivity index (χ0) is 15.7. The third-order valence-corrected chi connectivity index (χ3v) is 4.43. The van der Waals surface area contributed by atoms with E-state index in [0.717, 1.165) is 18.5 Å². The Hall–Kier alpha value is -2.19. The lowest BCUT2D eigenvalue weighted by Gasteiger charge is -2.03. The number of nitrogens with one attached hydrogen (secondary N) is 2. The van der Waals surface area contributed by atoms with Gasteiger partial charge in [0.2, 0.25) is 15.9 Å². The number of amides is 1. The third-order valence-electron chi connectivity index (χ3n) is 3.50. The Kier molecular flexibility index (Phi) is 3.71. The summed E-state index contributed by atoms with van der Waals surface area (Å²) in [6.07, 6.45) is 2.45. The van der Waals surface area contributed by atoms with Crippen molar-refractivity contribution >= 4 is 21.7 Å². The maximum absolute atomic E-state index is 12.0. The molecule has 0 radical (unpaired) electrons. The van der Waals surface area contributed by atoms with Gasteiger partial charge in [0, 0.05) is 17.7 Å². The Morgan fingerprint density at radius 3 is 2.59 bits per heavy atom. The van der Waals surface area contributed by atoms with Gasteiger partial charge in [0.05, 0.1) is 11.3 Å². The van der Waals surface area contributed by atoms with Crippen LogP contribution in [0.5, 0.6) is 0 Å². The largest absolute Gasteiger partial charge is 0.309 e. The highest BCUT2D eigenvalue weighted by molar-refractivity contribution is 7.89. The summed E-state index contributed by atoms with van der Waals surface area (Å²) in [5, 5.41) is 14.7. The predicted octanol–water partition coefficient (Wildman–Crippen LogP) is 1.12. The van der Waals surface area contributed by atoms with E-state index < -0.39 is 10.0 Å². The molecule has 22 heavy (non-hydrogen) atoms. The molecule has 4 N–H and O–H groups in total. The van der Waals surface area contributed by atoms with Gasteiger partial charge in [-0.3, -0.25) is 9.89 Å². The summed E-state index contributed by atoms with van der Waals surface area (Å²) in [5.74, 6) is 0.842. The van der Waals surface area contributed by atoms with E-state index in [-0.39, 0.29) is 17.2 Å². The molecule has 1 aromatic carbocycles. The van der Waals surface area contributed by atoms with Gasteiger partial charge in [0.1, 0.15) is 0 Å². The van der Waals surface area contributed by atoms with Crippen LogP contribution >= 0.6 is 0 Å². The fourth-order valence-corrected chi connectivity index (χ4v) is 2.69. The Balaban J connectivity index is 1.61. The van der Waals surface area contributed by atoms with E-state index in [1.165, 1.54) is 12.1 Å². The molecule has 1 saturated carbocycles. The van der Waals surface area contributed by atoms with Crippen molar-refractivity contribution in [3.05, 3.63) is 41.6 Å². The molecule has 1 aliphatic rings. The summed E-state index contributed by atoms with van der Waals surface area (Å²) in [6, 6.07) is 7.76. The van der Waals surface area contributed by atoms with Crippen LogP contribution in [0.25, 0.3) is 0 Å². The molecule has 7 nitrogen and oxygen atoms in total. The Morgan fingerprint density at radius 2 is 2.00 bits per heavy atom. The van der Waals surface area contributed by atoms with Gasteiger partial charge in [-0.2, -0.15) is 5.10 Å². The van der Waals surface area contributed by atoms with Crippen LogP contribution in [0, 0.1) is 0 Å². The summed E-state index contributed by atoms with van der Waals surface area (Å²) >= 11 is 0. The lowest BCUT2D eigenvalue weighted by atomic mass is 10.1. The maximum atomic E-state index is 12.0. The number of benzene rings is 1. The average Bonchev–Trinajstić information content (AvgIpc) is 3.19. The number of carbonyl (C=O) groups excluding carboxylic acids is 1. The monoisotopic (exact) mass is 320 g/mol. The number of H-pyrrole nitrogens is 1. The molecule has 1 aliphatic carbocycles. The van der Waals surface area contributed by atoms with Crippen LogP contribution in [-0.4, -0.2) is 24.5 Å². The molecule has 2 aromatic rings. The third kappa shape index (κ3) is 3.52. The van der Waals surface area contributed by atoms with Crippen LogP contribution in [0.2, 0.25) is 0 Å². The van der Waals surface area contributed by atoms with Crippen LogP contribution in [0.1, 0.15) is 30.0 Å². The molecule has 0 spiro atoms.